The number of hydrogen-bond donors (Lipinski definition) is 0. The summed E-state index contributed by atoms with van der Waals surface area (Å²) in [5.74, 6) is 0.806. The number of halogens is 1. The van der Waals surface area contributed by atoms with Crippen molar-refractivity contribution in [2.24, 2.45) is 4.99 Å². The van der Waals surface area contributed by atoms with Crippen molar-refractivity contribution in [2.45, 2.75) is 17.7 Å². The van der Waals surface area contributed by atoms with Gasteiger partial charge in [0.2, 0.25) is 0 Å². The van der Waals surface area contributed by atoms with Gasteiger partial charge < -0.3 is 14.4 Å². The molecule has 4 rings (SSSR count). The third-order valence-corrected chi connectivity index (χ3v) is 8.81. The Hall–Kier alpha value is -2.23. The van der Waals surface area contributed by atoms with Gasteiger partial charge in [0.05, 0.1) is 43.9 Å². The number of sulfone groups is 1. The van der Waals surface area contributed by atoms with Crippen LogP contribution in [0.1, 0.15) is 5.56 Å². The fraction of sp³-hybridized carbons (Fsp3) is 0.333. The van der Waals surface area contributed by atoms with E-state index in [1.165, 1.54) is 18.9 Å². The van der Waals surface area contributed by atoms with E-state index in [0.29, 0.717) is 32.9 Å². The fourth-order valence-corrected chi connectivity index (χ4v) is 7.91. The van der Waals surface area contributed by atoms with E-state index in [9.17, 15) is 13.2 Å². The molecular weight excluding hydrogens is 460 g/mol. The van der Waals surface area contributed by atoms with E-state index >= 15 is 0 Å². The van der Waals surface area contributed by atoms with Crippen molar-refractivity contribution in [1.82, 2.24) is 0 Å². The third-order valence-electron chi connectivity index (χ3n) is 5.23. The number of thioether (sulfide) groups is 1. The highest BCUT2D eigenvalue weighted by atomic mass is 35.5. The number of ether oxygens (including phenoxy) is 2. The Labute approximate surface area is 190 Å². The van der Waals surface area contributed by atoms with Gasteiger partial charge in [0.1, 0.15) is 11.5 Å². The number of amidine groups is 1. The lowest BCUT2D eigenvalue weighted by Crippen LogP contribution is -2.38. The van der Waals surface area contributed by atoms with Crippen molar-refractivity contribution >= 4 is 50.0 Å². The molecule has 2 heterocycles. The molecule has 2 fully saturated rings. The smallest absolute Gasteiger partial charge is 0.252 e. The largest absolute Gasteiger partial charge is 0.497 e. The highest BCUT2D eigenvalue weighted by Crippen LogP contribution is 2.45. The summed E-state index contributed by atoms with van der Waals surface area (Å²) in [7, 11) is -0.0903. The van der Waals surface area contributed by atoms with Gasteiger partial charge in [0.15, 0.2) is 15.0 Å². The van der Waals surface area contributed by atoms with Crippen LogP contribution in [0.25, 0.3) is 0 Å². The molecule has 2 atom stereocenters. The number of carbonyl (C=O) groups is 1. The van der Waals surface area contributed by atoms with E-state index in [0.717, 1.165) is 0 Å². The lowest BCUT2D eigenvalue weighted by atomic mass is 10.1. The van der Waals surface area contributed by atoms with Crippen LogP contribution >= 0.6 is 23.4 Å². The van der Waals surface area contributed by atoms with Gasteiger partial charge in [-0.15, -0.1) is 0 Å². The summed E-state index contributed by atoms with van der Waals surface area (Å²) in [6.07, 6.45) is 0.0560. The predicted octanol–water partition coefficient (Wildman–Crippen LogP) is 3.20. The molecule has 10 heteroatoms. The molecule has 1 amide bonds. The maximum Gasteiger partial charge on any atom is 0.252 e. The average molecular weight is 481 g/mol. The van der Waals surface area contributed by atoms with E-state index in [1.807, 2.05) is 6.07 Å². The Morgan fingerprint density at radius 1 is 1.19 bits per heavy atom. The van der Waals surface area contributed by atoms with Gasteiger partial charge in [-0.25, -0.2) is 8.42 Å². The summed E-state index contributed by atoms with van der Waals surface area (Å²) in [5, 5.41) is 0.741. The van der Waals surface area contributed by atoms with E-state index in [4.69, 9.17) is 21.1 Å². The topological polar surface area (TPSA) is 85.3 Å². The second-order valence-electron chi connectivity index (χ2n) is 7.26. The molecule has 0 saturated carbocycles. The summed E-state index contributed by atoms with van der Waals surface area (Å²) in [6, 6.07) is 12.1. The van der Waals surface area contributed by atoms with Gasteiger partial charge in [-0.1, -0.05) is 41.6 Å². The first-order valence-electron chi connectivity index (χ1n) is 9.54. The van der Waals surface area contributed by atoms with E-state index in [-0.39, 0.29) is 35.1 Å². The van der Waals surface area contributed by atoms with Crippen LogP contribution in [0.5, 0.6) is 11.5 Å². The van der Waals surface area contributed by atoms with Gasteiger partial charge in [-0.3, -0.25) is 4.79 Å². The number of aliphatic imine (C=N–C) groups is 1. The second-order valence-corrected chi connectivity index (χ2v) is 11.0. The molecule has 0 N–H and O–H groups in total. The van der Waals surface area contributed by atoms with Gasteiger partial charge in [-0.2, -0.15) is 4.99 Å². The Bertz CT molecular complexity index is 1150. The molecule has 0 aromatic heterocycles. The van der Waals surface area contributed by atoms with Crippen LogP contribution in [0.4, 0.5) is 5.69 Å². The van der Waals surface area contributed by atoms with Crippen LogP contribution in [-0.2, 0) is 21.1 Å². The zero-order valence-corrected chi connectivity index (χ0v) is 19.3. The molecule has 2 saturated heterocycles. The molecule has 2 aliphatic heterocycles. The third kappa shape index (κ3) is 4.53. The van der Waals surface area contributed by atoms with Crippen LogP contribution in [0.15, 0.2) is 47.5 Å². The van der Waals surface area contributed by atoms with Crippen LogP contribution in [0.2, 0.25) is 5.02 Å². The first-order chi connectivity index (χ1) is 14.8. The minimum absolute atomic E-state index is 0.0112. The standard InChI is InChI=1S/C21H21ClN2O5S2/c1-28-14-7-8-18(29-2)16(10-14)24-17-11-31(26,27)12-19(17)30-21(24)23-20(25)9-13-5-3-4-6-15(13)22/h3-8,10,17,19H,9,11-12H2,1-2H3/t17-,19+/m0/s1. The second kappa shape index (κ2) is 8.72. The summed E-state index contributed by atoms with van der Waals surface area (Å²) < 4.78 is 35.4. The minimum atomic E-state index is -3.18. The van der Waals surface area contributed by atoms with Crippen molar-refractivity contribution in [3.05, 3.63) is 53.1 Å². The number of anilines is 1. The van der Waals surface area contributed by atoms with E-state index in [1.54, 1.807) is 48.4 Å². The molecule has 0 radical (unpaired) electrons. The zero-order chi connectivity index (χ0) is 22.2. The molecule has 0 bridgehead atoms. The maximum atomic E-state index is 12.8. The lowest BCUT2D eigenvalue weighted by molar-refractivity contribution is -0.117. The lowest BCUT2D eigenvalue weighted by Gasteiger charge is -2.26. The molecule has 2 aliphatic rings. The highest BCUT2D eigenvalue weighted by molar-refractivity contribution is 8.16. The molecule has 7 nitrogen and oxygen atoms in total. The summed E-state index contributed by atoms with van der Waals surface area (Å²) in [6.45, 7) is 0. The number of rotatable bonds is 5. The summed E-state index contributed by atoms with van der Waals surface area (Å²) >= 11 is 7.49. The van der Waals surface area contributed by atoms with Crippen molar-refractivity contribution in [3.8, 4) is 11.5 Å². The minimum Gasteiger partial charge on any atom is -0.497 e. The van der Waals surface area contributed by atoms with E-state index in [2.05, 4.69) is 4.99 Å². The molecule has 0 aliphatic carbocycles. The first-order valence-corrected chi connectivity index (χ1v) is 12.6. The Morgan fingerprint density at radius 3 is 2.68 bits per heavy atom. The molecule has 2 aromatic carbocycles. The number of amides is 1. The van der Waals surface area contributed by atoms with Gasteiger partial charge in [0, 0.05) is 16.3 Å². The SMILES string of the molecule is COc1ccc(OC)c(N2C(=NC(=O)Cc3ccccc3Cl)S[C@@H]3CS(=O)(=O)C[C@@H]32)c1. The molecule has 2 aromatic rings. The molecular formula is C21H21ClN2O5S2. The number of nitrogens with zero attached hydrogens (tertiary/aromatic N) is 2. The van der Waals surface area contributed by atoms with Crippen molar-refractivity contribution in [3.63, 3.8) is 0 Å². The van der Waals surface area contributed by atoms with Crippen LogP contribution < -0.4 is 14.4 Å². The fourth-order valence-electron chi connectivity index (χ4n) is 3.78. The molecule has 0 unspecified atom stereocenters. The highest BCUT2D eigenvalue weighted by Gasteiger charge is 2.50. The number of benzene rings is 2. The number of carbonyl (C=O) groups excluding carboxylic acids is 1. The van der Waals surface area contributed by atoms with Crippen LogP contribution in [0.3, 0.4) is 0 Å². The average Bonchev–Trinajstić information content (AvgIpc) is 3.19. The normalized spacial score (nSPS) is 23.1. The van der Waals surface area contributed by atoms with Crippen molar-refractivity contribution in [1.29, 1.82) is 0 Å². The van der Waals surface area contributed by atoms with Crippen molar-refractivity contribution < 1.29 is 22.7 Å². The molecule has 0 spiro atoms. The van der Waals surface area contributed by atoms with Gasteiger partial charge in [0.25, 0.3) is 5.91 Å². The van der Waals surface area contributed by atoms with E-state index < -0.39 is 9.84 Å². The summed E-state index contributed by atoms with van der Waals surface area (Å²) in [4.78, 5) is 18.9. The molecule has 31 heavy (non-hydrogen) atoms. The number of fused-ring (bicyclic) bond motifs is 1. The Balaban J connectivity index is 1.73. The van der Waals surface area contributed by atoms with Crippen LogP contribution in [0, 0.1) is 0 Å². The van der Waals surface area contributed by atoms with Gasteiger partial charge >= 0.3 is 0 Å². The zero-order valence-electron chi connectivity index (χ0n) is 16.9. The quantitative estimate of drug-likeness (QED) is 0.649. The van der Waals surface area contributed by atoms with Gasteiger partial charge in [-0.05, 0) is 23.8 Å². The monoisotopic (exact) mass is 480 g/mol. The number of methoxy groups -OCH3 is 2. The maximum absolute atomic E-state index is 12.8. The number of hydrogen-bond acceptors (Lipinski definition) is 6. The first kappa shape index (κ1) is 22.0. The Kier molecular flexibility index (Phi) is 6.18. The Morgan fingerprint density at radius 2 is 1.97 bits per heavy atom. The van der Waals surface area contributed by atoms with Crippen LogP contribution in [-0.4, -0.2) is 56.5 Å². The predicted molar refractivity (Wildman–Crippen MR) is 123 cm³/mol. The molecule has 164 valence electrons. The summed E-state index contributed by atoms with van der Waals surface area (Å²) in [5.41, 5.74) is 1.30. The van der Waals surface area contributed by atoms with Crippen molar-refractivity contribution in [2.75, 3.05) is 30.6 Å².